The lowest BCUT2D eigenvalue weighted by Crippen LogP contribution is -2.05. The summed E-state index contributed by atoms with van der Waals surface area (Å²) in [7, 11) is 0. The number of hydrogen-bond acceptors (Lipinski definition) is 2. The molecule has 0 saturated carbocycles. The first-order valence-electron chi connectivity index (χ1n) is 5.89. The lowest BCUT2D eigenvalue weighted by Gasteiger charge is -2.04. The summed E-state index contributed by atoms with van der Waals surface area (Å²) >= 11 is 0. The number of aliphatic hydroxyl groups excluding tert-OH is 2. The predicted octanol–water partition coefficient (Wildman–Crippen LogP) is 3.29. The molecule has 84 valence electrons. The second-order valence-electron chi connectivity index (χ2n) is 3.91. The van der Waals surface area contributed by atoms with Gasteiger partial charge < -0.3 is 10.2 Å². The van der Waals surface area contributed by atoms with Crippen molar-refractivity contribution in [2.24, 2.45) is 0 Å². The van der Waals surface area contributed by atoms with Gasteiger partial charge in [0.1, 0.15) is 0 Å². The van der Waals surface area contributed by atoms with Crippen LogP contribution in [0.1, 0.15) is 64.7 Å². The number of hydrogen-bond donors (Lipinski definition) is 2. The van der Waals surface area contributed by atoms with Crippen LogP contribution in [0.25, 0.3) is 0 Å². The van der Waals surface area contributed by atoms with Crippen LogP contribution in [0, 0.1) is 6.61 Å². The summed E-state index contributed by atoms with van der Waals surface area (Å²) in [6.45, 7) is 4.06. The molecule has 0 saturated heterocycles. The molecular weight excluding hydrogens is 176 g/mol. The molecule has 0 amide bonds. The Balaban J connectivity index is 2.92. The Morgan fingerprint density at radius 2 is 1.43 bits per heavy atom. The summed E-state index contributed by atoms with van der Waals surface area (Å²) < 4.78 is 0. The Kier molecular flexibility index (Phi) is 10.9. The first kappa shape index (κ1) is 13.9. The maximum absolute atomic E-state index is 8.97. The van der Waals surface area contributed by atoms with E-state index < -0.39 is 6.10 Å². The zero-order valence-electron chi connectivity index (χ0n) is 9.34. The Morgan fingerprint density at radius 3 is 1.93 bits per heavy atom. The molecule has 0 aliphatic rings. The van der Waals surface area contributed by atoms with Crippen molar-refractivity contribution in [3.05, 3.63) is 6.61 Å². The highest BCUT2D eigenvalue weighted by Crippen LogP contribution is 2.10. The molecule has 2 nitrogen and oxygen atoms in total. The first-order chi connectivity index (χ1) is 6.81. The van der Waals surface area contributed by atoms with Gasteiger partial charge in [0, 0.05) is 0 Å². The van der Waals surface area contributed by atoms with E-state index in [0.29, 0.717) is 6.42 Å². The fourth-order valence-corrected chi connectivity index (χ4v) is 1.54. The number of rotatable bonds is 10. The summed E-state index contributed by atoms with van der Waals surface area (Å²) in [6.07, 6.45) is 9.96. The first-order valence-corrected chi connectivity index (χ1v) is 5.89. The van der Waals surface area contributed by atoms with Gasteiger partial charge in [-0.15, -0.1) is 0 Å². The average Bonchev–Trinajstić information content (AvgIpc) is 2.21. The molecule has 1 unspecified atom stereocenters. The lowest BCUT2D eigenvalue weighted by atomic mass is 10.1. The highest BCUT2D eigenvalue weighted by Gasteiger charge is 2.01. The quantitative estimate of drug-likeness (QED) is 0.531. The van der Waals surface area contributed by atoms with E-state index in [4.69, 9.17) is 10.2 Å². The van der Waals surface area contributed by atoms with Crippen molar-refractivity contribution in [2.45, 2.75) is 70.8 Å². The van der Waals surface area contributed by atoms with Crippen molar-refractivity contribution in [3.63, 3.8) is 0 Å². The molecule has 0 aliphatic carbocycles. The monoisotopic (exact) mass is 200 g/mol. The van der Waals surface area contributed by atoms with Crippen LogP contribution in [-0.4, -0.2) is 16.3 Å². The van der Waals surface area contributed by atoms with Crippen molar-refractivity contribution in [3.8, 4) is 0 Å². The van der Waals surface area contributed by atoms with E-state index in [0.717, 1.165) is 12.8 Å². The summed E-state index contributed by atoms with van der Waals surface area (Å²) in [5.41, 5.74) is 0. The molecule has 0 aromatic carbocycles. The second-order valence-corrected chi connectivity index (χ2v) is 3.91. The van der Waals surface area contributed by atoms with E-state index >= 15 is 0 Å². The smallest absolute Gasteiger partial charge is 0.159 e. The van der Waals surface area contributed by atoms with Gasteiger partial charge in [0.25, 0.3) is 0 Å². The molecule has 0 heterocycles. The van der Waals surface area contributed by atoms with Gasteiger partial charge >= 0.3 is 0 Å². The minimum absolute atomic E-state index is 0.644. The van der Waals surface area contributed by atoms with Gasteiger partial charge in [0.05, 0.1) is 6.10 Å². The highest BCUT2D eigenvalue weighted by molar-refractivity contribution is 4.62. The molecule has 2 N–H and O–H groups in total. The van der Waals surface area contributed by atoms with Gasteiger partial charge in [0.15, 0.2) is 6.61 Å². The molecule has 14 heavy (non-hydrogen) atoms. The largest absolute Gasteiger partial charge is 0.390 e. The van der Waals surface area contributed by atoms with Crippen LogP contribution in [0.2, 0.25) is 0 Å². The van der Waals surface area contributed by atoms with Gasteiger partial charge in [-0.05, 0) is 6.42 Å². The summed E-state index contributed by atoms with van der Waals surface area (Å²) in [5.74, 6) is 0. The molecule has 2 radical (unpaired) electrons. The lowest BCUT2D eigenvalue weighted by molar-refractivity contribution is 0.133. The van der Waals surface area contributed by atoms with Crippen molar-refractivity contribution >= 4 is 0 Å². The third-order valence-electron chi connectivity index (χ3n) is 2.48. The second kappa shape index (κ2) is 11.0. The normalized spacial score (nSPS) is 13.1. The van der Waals surface area contributed by atoms with E-state index in [1.807, 2.05) is 6.61 Å². The Labute approximate surface area is 88.3 Å². The Hall–Kier alpha value is -0.0800. The van der Waals surface area contributed by atoms with Crippen molar-refractivity contribution < 1.29 is 10.2 Å². The van der Waals surface area contributed by atoms with Crippen molar-refractivity contribution in [2.75, 3.05) is 0 Å². The molecule has 0 spiro atoms. The van der Waals surface area contributed by atoms with Crippen LogP contribution in [0.5, 0.6) is 0 Å². The van der Waals surface area contributed by atoms with Crippen LogP contribution in [0.3, 0.4) is 0 Å². The van der Waals surface area contributed by atoms with Crippen LogP contribution < -0.4 is 0 Å². The SMILES string of the molecule is CCCCCCCCCCC(O)[C]O. The Morgan fingerprint density at radius 1 is 0.929 bits per heavy atom. The third kappa shape index (κ3) is 10.0. The van der Waals surface area contributed by atoms with Gasteiger partial charge in [-0.1, -0.05) is 58.3 Å². The molecule has 0 aliphatic heterocycles. The topological polar surface area (TPSA) is 40.5 Å². The molecule has 0 aromatic heterocycles. The fraction of sp³-hybridized carbons (Fsp3) is 0.917. The van der Waals surface area contributed by atoms with E-state index in [9.17, 15) is 0 Å². The molecule has 0 rings (SSSR count). The summed E-state index contributed by atoms with van der Waals surface area (Å²) in [6, 6.07) is 0. The maximum atomic E-state index is 8.97. The summed E-state index contributed by atoms with van der Waals surface area (Å²) in [5, 5.41) is 17.3. The van der Waals surface area contributed by atoms with E-state index in [1.54, 1.807) is 0 Å². The molecule has 2 heteroatoms. The molecule has 0 fully saturated rings. The Bertz CT molecular complexity index is 104. The average molecular weight is 200 g/mol. The van der Waals surface area contributed by atoms with Crippen LogP contribution in [0.15, 0.2) is 0 Å². The van der Waals surface area contributed by atoms with Gasteiger partial charge in [-0.3, -0.25) is 0 Å². The maximum Gasteiger partial charge on any atom is 0.159 e. The predicted molar refractivity (Wildman–Crippen MR) is 58.4 cm³/mol. The summed E-state index contributed by atoms with van der Waals surface area (Å²) in [4.78, 5) is 0. The van der Waals surface area contributed by atoms with Gasteiger partial charge in [0.2, 0.25) is 0 Å². The molecule has 1 atom stereocenters. The van der Waals surface area contributed by atoms with Crippen LogP contribution >= 0.6 is 0 Å². The number of aliphatic hydroxyl groups is 2. The molecular formula is C12H24O2. The zero-order valence-corrected chi connectivity index (χ0v) is 9.34. The van der Waals surface area contributed by atoms with Crippen molar-refractivity contribution in [1.29, 1.82) is 0 Å². The molecule has 0 bridgehead atoms. The standard InChI is InChI=1S/C12H24O2/c1-2-3-4-5-6-7-8-9-10-12(14)11-13/h12-14H,2-10H2,1H3. The molecule has 0 aromatic rings. The number of unbranched alkanes of at least 4 members (excludes halogenated alkanes) is 7. The minimum atomic E-state index is -0.741. The van der Waals surface area contributed by atoms with E-state index in [2.05, 4.69) is 6.92 Å². The highest BCUT2D eigenvalue weighted by atomic mass is 16.3. The van der Waals surface area contributed by atoms with Crippen LogP contribution in [0.4, 0.5) is 0 Å². The van der Waals surface area contributed by atoms with Crippen molar-refractivity contribution in [1.82, 2.24) is 0 Å². The third-order valence-corrected chi connectivity index (χ3v) is 2.48. The fourth-order valence-electron chi connectivity index (χ4n) is 1.54. The van der Waals surface area contributed by atoms with E-state index in [-0.39, 0.29) is 0 Å². The van der Waals surface area contributed by atoms with E-state index in [1.165, 1.54) is 38.5 Å². The minimum Gasteiger partial charge on any atom is -0.390 e. The van der Waals surface area contributed by atoms with Gasteiger partial charge in [-0.2, -0.15) is 0 Å². The van der Waals surface area contributed by atoms with Gasteiger partial charge in [-0.25, -0.2) is 0 Å². The van der Waals surface area contributed by atoms with Crippen LogP contribution in [-0.2, 0) is 0 Å². The zero-order chi connectivity index (χ0) is 10.6.